The van der Waals surface area contributed by atoms with Crippen LogP contribution in [0.1, 0.15) is 16.7 Å². The molecule has 31 heavy (non-hydrogen) atoms. The minimum absolute atomic E-state index is 0.00582. The van der Waals surface area contributed by atoms with E-state index in [0.29, 0.717) is 29.4 Å². The van der Waals surface area contributed by atoms with E-state index in [2.05, 4.69) is 9.93 Å². The molecule has 0 bridgehead atoms. The third-order valence-electron chi connectivity index (χ3n) is 4.44. The van der Waals surface area contributed by atoms with Gasteiger partial charge in [-0.2, -0.15) is 13.5 Å². The van der Waals surface area contributed by atoms with E-state index in [9.17, 15) is 8.42 Å². The van der Waals surface area contributed by atoms with E-state index in [1.807, 2.05) is 43.3 Å². The Kier molecular flexibility index (Phi) is 7.15. The van der Waals surface area contributed by atoms with E-state index >= 15 is 0 Å². The Balaban J connectivity index is 1.72. The number of methoxy groups -OCH3 is 2. The van der Waals surface area contributed by atoms with Crippen LogP contribution in [0.3, 0.4) is 0 Å². The van der Waals surface area contributed by atoms with Gasteiger partial charge in [0.1, 0.15) is 12.4 Å². The summed E-state index contributed by atoms with van der Waals surface area (Å²) in [5.74, 6) is 1.34. The first kappa shape index (κ1) is 22.2. The molecule has 0 saturated carbocycles. The molecule has 0 atom stereocenters. The molecule has 0 aliphatic rings. The topological polar surface area (TPSA) is 86.2 Å². The molecule has 3 aromatic rings. The van der Waals surface area contributed by atoms with Gasteiger partial charge in [-0.05, 0) is 36.8 Å². The van der Waals surface area contributed by atoms with Crippen LogP contribution in [0.15, 0.2) is 76.7 Å². The van der Waals surface area contributed by atoms with Crippen LogP contribution in [0.5, 0.6) is 17.2 Å². The van der Waals surface area contributed by atoms with E-state index in [1.54, 1.807) is 12.1 Å². The highest BCUT2D eigenvalue weighted by Gasteiger charge is 2.16. The average molecular weight is 441 g/mol. The van der Waals surface area contributed by atoms with Crippen molar-refractivity contribution in [3.05, 3.63) is 83.4 Å². The monoisotopic (exact) mass is 440 g/mol. The summed E-state index contributed by atoms with van der Waals surface area (Å²) in [6.45, 7) is 2.42. The molecule has 0 saturated heterocycles. The van der Waals surface area contributed by atoms with Gasteiger partial charge in [0.05, 0.1) is 25.3 Å². The number of benzene rings is 3. The van der Waals surface area contributed by atoms with Crippen molar-refractivity contribution in [1.82, 2.24) is 4.83 Å². The van der Waals surface area contributed by atoms with Crippen LogP contribution in [0.25, 0.3) is 0 Å². The van der Waals surface area contributed by atoms with Crippen molar-refractivity contribution in [3.8, 4) is 17.2 Å². The summed E-state index contributed by atoms with van der Waals surface area (Å²) >= 11 is 0. The number of nitrogens with zero attached hydrogens (tertiary/aromatic N) is 1. The number of rotatable bonds is 9. The molecule has 0 heterocycles. The van der Waals surface area contributed by atoms with Crippen molar-refractivity contribution in [2.75, 3.05) is 14.2 Å². The summed E-state index contributed by atoms with van der Waals surface area (Å²) in [5, 5.41) is 3.90. The lowest BCUT2D eigenvalue weighted by atomic mass is 10.1. The van der Waals surface area contributed by atoms with Crippen molar-refractivity contribution in [1.29, 1.82) is 0 Å². The molecule has 7 nitrogen and oxygen atoms in total. The maximum absolute atomic E-state index is 12.6. The average Bonchev–Trinajstić information content (AvgIpc) is 2.78. The minimum atomic E-state index is -3.89. The summed E-state index contributed by atoms with van der Waals surface area (Å²) in [7, 11) is -0.968. The molecule has 3 aromatic carbocycles. The Morgan fingerprint density at radius 3 is 2.42 bits per heavy atom. The fourth-order valence-electron chi connectivity index (χ4n) is 2.88. The SMILES string of the molecule is COc1ccc(S(=O)(=O)N/N=C/c2ccccc2OCc2cccc(C)c2)cc1OC. The third kappa shape index (κ3) is 5.76. The minimum Gasteiger partial charge on any atom is -0.493 e. The van der Waals surface area contributed by atoms with E-state index in [0.717, 1.165) is 11.1 Å². The lowest BCUT2D eigenvalue weighted by Crippen LogP contribution is -2.18. The van der Waals surface area contributed by atoms with Gasteiger partial charge < -0.3 is 14.2 Å². The van der Waals surface area contributed by atoms with Crippen LogP contribution in [0.4, 0.5) is 0 Å². The quantitative estimate of drug-likeness (QED) is 0.403. The number of hydrogen-bond donors (Lipinski definition) is 1. The highest BCUT2D eigenvalue weighted by atomic mass is 32.2. The summed E-state index contributed by atoms with van der Waals surface area (Å²) < 4.78 is 41.3. The predicted octanol–water partition coefficient (Wildman–Crippen LogP) is 3.90. The number of nitrogens with one attached hydrogen (secondary N) is 1. The maximum atomic E-state index is 12.6. The lowest BCUT2D eigenvalue weighted by molar-refractivity contribution is 0.305. The van der Waals surface area contributed by atoms with Gasteiger partial charge in [-0.25, -0.2) is 4.83 Å². The van der Waals surface area contributed by atoms with Crippen LogP contribution < -0.4 is 19.0 Å². The second-order valence-electron chi connectivity index (χ2n) is 6.69. The highest BCUT2D eigenvalue weighted by Crippen LogP contribution is 2.29. The molecule has 8 heteroatoms. The standard InChI is InChI=1S/C23H24N2O5S/c1-17-7-6-8-18(13-17)16-30-21-10-5-4-9-19(21)15-24-25-31(26,27)20-11-12-22(28-2)23(14-20)29-3/h4-15,25H,16H2,1-3H3/b24-15+. The van der Waals surface area contributed by atoms with Crippen molar-refractivity contribution >= 4 is 16.2 Å². The molecule has 0 aliphatic heterocycles. The first-order valence-electron chi connectivity index (χ1n) is 9.47. The number of hydrogen-bond acceptors (Lipinski definition) is 6. The second kappa shape index (κ2) is 9.99. The van der Waals surface area contributed by atoms with Gasteiger partial charge in [-0.3, -0.25) is 0 Å². The van der Waals surface area contributed by atoms with Gasteiger partial charge in [0.15, 0.2) is 11.5 Å². The van der Waals surface area contributed by atoms with Crippen molar-refractivity contribution in [2.45, 2.75) is 18.4 Å². The van der Waals surface area contributed by atoms with E-state index in [1.165, 1.54) is 38.6 Å². The fraction of sp³-hybridized carbons (Fsp3) is 0.174. The number of hydrazone groups is 1. The first-order valence-corrected chi connectivity index (χ1v) is 11.0. The van der Waals surface area contributed by atoms with Gasteiger partial charge in [-0.1, -0.05) is 42.0 Å². The molecule has 0 aliphatic carbocycles. The van der Waals surface area contributed by atoms with Crippen LogP contribution >= 0.6 is 0 Å². The molecule has 162 valence electrons. The van der Waals surface area contributed by atoms with Crippen molar-refractivity contribution in [3.63, 3.8) is 0 Å². The molecule has 1 N–H and O–H groups in total. The molecule has 0 unspecified atom stereocenters. The predicted molar refractivity (Wildman–Crippen MR) is 119 cm³/mol. The van der Waals surface area contributed by atoms with E-state index < -0.39 is 10.0 Å². The number of para-hydroxylation sites is 1. The molecule has 0 radical (unpaired) electrons. The summed E-state index contributed by atoms with van der Waals surface area (Å²) in [5.41, 5.74) is 2.84. The number of sulfonamides is 1. The van der Waals surface area contributed by atoms with Gasteiger partial charge in [0, 0.05) is 11.6 Å². The summed E-state index contributed by atoms with van der Waals surface area (Å²) in [4.78, 5) is 2.22. The zero-order valence-electron chi connectivity index (χ0n) is 17.5. The zero-order valence-corrected chi connectivity index (χ0v) is 18.3. The highest BCUT2D eigenvalue weighted by molar-refractivity contribution is 7.89. The Morgan fingerprint density at radius 2 is 1.68 bits per heavy atom. The van der Waals surface area contributed by atoms with E-state index in [-0.39, 0.29) is 4.90 Å². The van der Waals surface area contributed by atoms with Gasteiger partial charge in [0.25, 0.3) is 10.0 Å². The van der Waals surface area contributed by atoms with Crippen LogP contribution in [0.2, 0.25) is 0 Å². The smallest absolute Gasteiger partial charge is 0.276 e. The molecule has 0 amide bonds. The third-order valence-corrected chi connectivity index (χ3v) is 5.66. The second-order valence-corrected chi connectivity index (χ2v) is 8.35. The number of aryl methyl sites for hydroxylation is 1. The lowest BCUT2D eigenvalue weighted by Gasteiger charge is -2.10. The zero-order chi connectivity index (χ0) is 22.3. The summed E-state index contributed by atoms with van der Waals surface area (Å²) in [6.07, 6.45) is 1.41. The normalized spacial score (nSPS) is 11.3. The van der Waals surface area contributed by atoms with Crippen LogP contribution in [0, 0.1) is 6.92 Å². The van der Waals surface area contributed by atoms with Gasteiger partial charge >= 0.3 is 0 Å². The summed E-state index contributed by atoms with van der Waals surface area (Å²) in [6, 6.07) is 19.6. The Bertz CT molecular complexity index is 1180. The van der Waals surface area contributed by atoms with Gasteiger partial charge in [-0.15, -0.1) is 0 Å². The molecule has 0 fully saturated rings. The largest absolute Gasteiger partial charge is 0.493 e. The fourth-order valence-corrected chi connectivity index (χ4v) is 3.69. The Labute approximate surface area is 182 Å². The van der Waals surface area contributed by atoms with Crippen LogP contribution in [-0.4, -0.2) is 28.9 Å². The van der Waals surface area contributed by atoms with Crippen LogP contribution in [-0.2, 0) is 16.6 Å². The molecule has 0 aromatic heterocycles. The molecule has 0 spiro atoms. The maximum Gasteiger partial charge on any atom is 0.276 e. The Morgan fingerprint density at radius 1 is 0.903 bits per heavy atom. The van der Waals surface area contributed by atoms with E-state index in [4.69, 9.17) is 14.2 Å². The number of ether oxygens (including phenoxy) is 3. The molecule has 3 rings (SSSR count). The van der Waals surface area contributed by atoms with Crippen molar-refractivity contribution in [2.24, 2.45) is 5.10 Å². The van der Waals surface area contributed by atoms with Crippen molar-refractivity contribution < 1.29 is 22.6 Å². The molecular weight excluding hydrogens is 416 g/mol. The first-order chi connectivity index (χ1) is 14.9. The van der Waals surface area contributed by atoms with Gasteiger partial charge in [0.2, 0.25) is 0 Å². The Hall–Kier alpha value is -3.52. The molecular formula is C23H24N2O5S.